The number of carbonyl (C=O) groups excluding carboxylic acids is 3. The van der Waals surface area contributed by atoms with E-state index in [9.17, 15) is 19.2 Å². The molecule has 2 aliphatic heterocycles. The fraction of sp³-hybridized carbons (Fsp3) is 0.105. The molecule has 2 aromatic rings. The monoisotopic (exact) mass is 398 g/mol. The van der Waals surface area contributed by atoms with Crippen LogP contribution in [0.25, 0.3) is 0 Å². The number of imide groups is 1. The lowest BCUT2D eigenvalue weighted by Crippen LogP contribution is -2.34. The van der Waals surface area contributed by atoms with Crippen LogP contribution in [-0.4, -0.2) is 40.5 Å². The van der Waals surface area contributed by atoms with Crippen molar-refractivity contribution >= 4 is 46.6 Å². The highest BCUT2D eigenvalue weighted by atomic mass is 35.5. The summed E-state index contributed by atoms with van der Waals surface area (Å²) in [6.07, 6.45) is -1.22. The molecule has 9 heteroatoms. The van der Waals surface area contributed by atoms with Crippen molar-refractivity contribution < 1.29 is 29.1 Å². The number of benzene rings is 2. The van der Waals surface area contributed by atoms with E-state index >= 15 is 0 Å². The molecule has 28 heavy (non-hydrogen) atoms. The Morgan fingerprint density at radius 1 is 0.964 bits per heavy atom. The number of hydrogen-bond donors (Lipinski definition) is 1. The zero-order chi connectivity index (χ0) is 20.0. The summed E-state index contributed by atoms with van der Waals surface area (Å²) in [4.78, 5) is 55.1. The number of fused-ring (bicyclic) bond motifs is 1. The summed E-state index contributed by atoms with van der Waals surface area (Å²) in [6.45, 7) is 0. The molecule has 0 radical (unpaired) electrons. The minimum absolute atomic E-state index is 0.0134. The number of oxime groups is 1. The van der Waals surface area contributed by atoms with Gasteiger partial charge < -0.3 is 9.94 Å². The second-order valence-corrected chi connectivity index (χ2v) is 6.62. The van der Waals surface area contributed by atoms with E-state index in [4.69, 9.17) is 21.5 Å². The quantitative estimate of drug-likeness (QED) is 0.623. The zero-order valence-corrected chi connectivity index (χ0v) is 14.8. The highest BCUT2D eigenvalue weighted by Gasteiger charge is 2.57. The Hall–Kier alpha value is -3.52. The second-order valence-electron chi connectivity index (χ2n) is 6.18. The molecule has 0 spiro atoms. The number of halogens is 1. The van der Waals surface area contributed by atoms with Crippen molar-refractivity contribution in [3.63, 3.8) is 0 Å². The van der Waals surface area contributed by atoms with Crippen molar-refractivity contribution in [2.45, 2.75) is 6.10 Å². The third-order valence-corrected chi connectivity index (χ3v) is 4.78. The molecule has 2 aromatic carbocycles. The maximum absolute atomic E-state index is 12.9. The van der Waals surface area contributed by atoms with E-state index in [1.165, 1.54) is 48.5 Å². The van der Waals surface area contributed by atoms with E-state index in [-0.39, 0.29) is 22.5 Å². The van der Waals surface area contributed by atoms with Gasteiger partial charge in [0.2, 0.25) is 17.8 Å². The molecule has 140 valence electrons. The first kappa shape index (κ1) is 17.9. The lowest BCUT2D eigenvalue weighted by molar-refractivity contribution is -0.126. The minimum Gasteiger partial charge on any atom is -0.478 e. The zero-order valence-electron chi connectivity index (χ0n) is 14.0. The average Bonchev–Trinajstić information content (AvgIpc) is 3.22. The number of carboxylic acid groups (broad SMARTS) is 1. The molecular weight excluding hydrogens is 388 g/mol. The molecule has 0 aromatic heterocycles. The van der Waals surface area contributed by atoms with E-state index < -0.39 is 35.6 Å². The van der Waals surface area contributed by atoms with Crippen molar-refractivity contribution in [1.29, 1.82) is 0 Å². The molecule has 2 aliphatic rings. The van der Waals surface area contributed by atoms with Crippen LogP contribution in [0.5, 0.6) is 0 Å². The number of carboxylic acids is 1. The Morgan fingerprint density at radius 3 is 2.18 bits per heavy atom. The summed E-state index contributed by atoms with van der Waals surface area (Å²) in [5.41, 5.74) is 0.308. The summed E-state index contributed by atoms with van der Waals surface area (Å²) in [7, 11) is 0. The maximum atomic E-state index is 12.9. The predicted octanol–water partition coefficient (Wildman–Crippen LogP) is 2.17. The molecular formula is C19H11ClN2O6. The van der Waals surface area contributed by atoms with Crippen molar-refractivity contribution in [2.24, 2.45) is 11.1 Å². The number of anilines is 1. The summed E-state index contributed by atoms with van der Waals surface area (Å²) < 4.78 is 0. The number of hydrogen-bond acceptors (Lipinski definition) is 6. The summed E-state index contributed by atoms with van der Waals surface area (Å²) >= 11 is 5.82. The highest BCUT2D eigenvalue weighted by molar-refractivity contribution is 6.52. The molecule has 2 heterocycles. The third kappa shape index (κ3) is 2.74. The number of aromatic carboxylic acids is 1. The van der Waals surface area contributed by atoms with Gasteiger partial charge in [-0.25, -0.2) is 9.69 Å². The van der Waals surface area contributed by atoms with Crippen molar-refractivity contribution in [3.8, 4) is 0 Å². The van der Waals surface area contributed by atoms with Gasteiger partial charge in [-0.3, -0.25) is 14.4 Å². The Balaban J connectivity index is 1.63. The van der Waals surface area contributed by atoms with Crippen molar-refractivity contribution in [2.75, 3.05) is 4.90 Å². The number of nitrogens with zero attached hydrogens (tertiary/aromatic N) is 2. The third-order valence-electron chi connectivity index (χ3n) is 4.52. The number of Topliss-reactive ketones (excluding diaryl/α,β-unsaturated/α-hetero) is 1. The first-order valence-corrected chi connectivity index (χ1v) is 8.51. The van der Waals surface area contributed by atoms with E-state index in [1.54, 1.807) is 0 Å². The summed E-state index contributed by atoms with van der Waals surface area (Å²) in [5, 5.41) is 13.1. The Labute approximate surface area is 162 Å². The van der Waals surface area contributed by atoms with Crippen LogP contribution >= 0.6 is 11.6 Å². The van der Waals surface area contributed by atoms with E-state index in [0.717, 1.165) is 4.90 Å². The van der Waals surface area contributed by atoms with E-state index in [1.807, 2.05) is 0 Å². The van der Waals surface area contributed by atoms with Gasteiger partial charge in [0.15, 0.2) is 0 Å². The first-order valence-electron chi connectivity index (χ1n) is 8.13. The van der Waals surface area contributed by atoms with E-state index in [0.29, 0.717) is 5.02 Å². The molecule has 0 saturated carbocycles. The normalized spacial score (nSPS) is 20.6. The summed E-state index contributed by atoms with van der Waals surface area (Å²) in [6, 6.07) is 11.3. The van der Waals surface area contributed by atoms with Crippen molar-refractivity contribution in [3.05, 3.63) is 64.7 Å². The number of carbonyl (C=O) groups is 4. The van der Waals surface area contributed by atoms with Gasteiger partial charge in [0.05, 0.1) is 11.3 Å². The topological polar surface area (TPSA) is 113 Å². The molecule has 2 amide bonds. The van der Waals surface area contributed by atoms with Crippen LogP contribution in [0, 0.1) is 5.92 Å². The number of ketones is 1. The van der Waals surface area contributed by atoms with Gasteiger partial charge in [-0.2, -0.15) is 0 Å². The molecule has 0 aliphatic carbocycles. The van der Waals surface area contributed by atoms with Gasteiger partial charge in [-0.05, 0) is 48.5 Å². The van der Waals surface area contributed by atoms with Gasteiger partial charge in [-0.1, -0.05) is 16.8 Å². The molecule has 2 atom stereocenters. The van der Waals surface area contributed by atoms with Gasteiger partial charge in [0.25, 0.3) is 5.91 Å². The van der Waals surface area contributed by atoms with Crippen LogP contribution in [-0.2, 0) is 14.4 Å². The van der Waals surface area contributed by atoms with Gasteiger partial charge in [0.1, 0.15) is 11.6 Å². The van der Waals surface area contributed by atoms with Gasteiger partial charge in [0, 0.05) is 10.6 Å². The Kier molecular flexibility index (Phi) is 4.20. The summed E-state index contributed by atoms with van der Waals surface area (Å²) in [5.74, 6) is -4.14. The number of amides is 2. The van der Waals surface area contributed by atoms with Crippen molar-refractivity contribution in [1.82, 2.24) is 0 Å². The fourth-order valence-electron chi connectivity index (χ4n) is 3.12. The lowest BCUT2D eigenvalue weighted by Gasteiger charge is -2.15. The van der Waals surface area contributed by atoms with Crippen LogP contribution in [0.1, 0.15) is 20.7 Å². The average molecular weight is 399 g/mol. The maximum Gasteiger partial charge on any atom is 0.335 e. The molecule has 0 unspecified atom stereocenters. The standard InChI is InChI=1S/C19H11ClN2O6/c20-11-5-1-9(2-6-11)15(23)14-13-16(28-21-14)18(25)22(17(13)24)12-7-3-10(4-8-12)19(26)27/h1-8,13,16H,(H,26,27)/t13-,16+/m1/s1. The molecule has 1 N–H and O–H groups in total. The predicted molar refractivity (Wildman–Crippen MR) is 97.5 cm³/mol. The van der Waals surface area contributed by atoms with Crippen LogP contribution in [0.2, 0.25) is 5.02 Å². The van der Waals surface area contributed by atoms with E-state index in [2.05, 4.69) is 5.16 Å². The van der Waals surface area contributed by atoms with Crippen LogP contribution in [0.15, 0.2) is 53.7 Å². The van der Waals surface area contributed by atoms with Crippen LogP contribution in [0.3, 0.4) is 0 Å². The van der Waals surface area contributed by atoms with Crippen LogP contribution in [0.4, 0.5) is 5.69 Å². The van der Waals surface area contributed by atoms with Gasteiger partial charge in [-0.15, -0.1) is 0 Å². The molecule has 8 nitrogen and oxygen atoms in total. The highest BCUT2D eigenvalue weighted by Crippen LogP contribution is 2.34. The molecule has 4 rings (SSSR count). The van der Waals surface area contributed by atoms with Gasteiger partial charge >= 0.3 is 5.97 Å². The SMILES string of the molecule is O=C(O)c1ccc(N2C(=O)[C@@H]3C(C(=O)c4ccc(Cl)cc4)=NO[C@@H]3C2=O)cc1. The smallest absolute Gasteiger partial charge is 0.335 e. The fourth-order valence-corrected chi connectivity index (χ4v) is 3.25. The molecule has 1 saturated heterocycles. The Bertz CT molecular complexity index is 1050. The lowest BCUT2D eigenvalue weighted by atomic mass is 9.93. The largest absolute Gasteiger partial charge is 0.478 e. The van der Waals surface area contributed by atoms with Crippen LogP contribution < -0.4 is 4.90 Å². The second kappa shape index (κ2) is 6.58. The number of rotatable bonds is 4. The Morgan fingerprint density at radius 2 is 1.57 bits per heavy atom. The first-order chi connectivity index (χ1) is 13.4. The minimum atomic E-state index is -1.22. The molecule has 1 fully saturated rings. The molecule has 0 bridgehead atoms.